The third-order valence-corrected chi connectivity index (χ3v) is 6.79. The molecule has 1 fully saturated rings. The van der Waals surface area contributed by atoms with E-state index in [9.17, 15) is 18.0 Å². The molecule has 0 aliphatic carbocycles. The molecule has 31 heavy (non-hydrogen) atoms. The van der Waals surface area contributed by atoms with Crippen LogP contribution in [-0.4, -0.2) is 38.2 Å². The molecule has 0 saturated carbocycles. The Bertz CT molecular complexity index is 1030. The molecule has 8 heteroatoms. The monoisotopic (exact) mass is 443 g/mol. The molecule has 0 aromatic heterocycles. The fraction of sp³-hybridized carbons (Fsp3) is 0.391. The Morgan fingerprint density at radius 1 is 0.968 bits per heavy atom. The minimum absolute atomic E-state index is 0.00694. The lowest BCUT2D eigenvalue weighted by molar-refractivity contribution is -0.135. The van der Waals surface area contributed by atoms with Crippen LogP contribution in [-0.2, 0) is 19.6 Å². The van der Waals surface area contributed by atoms with Crippen LogP contribution in [0.2, 0.25) is 0 Å². The van der Waals surface area contributed by atoms with Gasteiger partial charge < -0.3 is 10.2 Å². The van der Waals surface area contributed by atoms with Crippen LogP contribution in [0.1, 0.15) is 43.2 Å². The molecule has 166 valence electrons. The fourth-order valence-electron chi connectivity index (χ4n) is 3.64. The average molecular weight is 444 g/mol. The molecule has 1 heterocycles. The van der Waals surface area contributed by atoms with E-state index in [4.69, 9.17) is 0 Å². The van der Waals surface area contributed by atoms with Crippen molar-refractivity contribution in [1.29, 1.82) is 0 Å². The minimum atomic E-state index is -3.76. The van der Waals surface area contributed by atoms with Gasteiger partial charge in [-0.15, -0.1) is 0 Å². The number of aryl methyl sites for hydroxylation is 2. The third kappa shape index (κ3) is 6.07. The number of carbonyl (C=O) groups is 2. The number of nitrogens with zero attached hydrogens (tertiary/aromatic N) is 1. The van der Waals surface area contributed by atoms with Crippen molar-refractivity contribution in [3.8, 4) is 0 Å². The van der Waals surface area contributed by atoms with Gasteiger partial charge >= 0.3 is 0 Å². The molecule has 1 saturated heterocycles. The predicted molar refractivity (Wildman–Crippen MR) is 121 cm³/mol. The molecule has 2 aromatic carbocycles. The number of carbonyl (C=O) groups excluding carboxylic acids is 2. The first-order valence-electron chi connectivity index (χ1n) is 10.5. The molecule has 0 atom stereocenters. The highest BCUT2D eigenvalue weighted by Crippen LogP contribution is 2.24. The molecular weight excluding hydrogens is 414 g/mol. The lowest BCUT2D eigenvalue weighted by Crippen LogP contribution is -2.39. The van der Waals surface area contributed by atoms with Crippen LogP contribution in [0.3, 0.4) is 0 Å². The van der Waals surface area contributed by atoms with Gasteiger partial charge in [-0.1, -0.05) is 31.0 Å². The molecule has 0 unspecified atom stereocenters. The summed E-state index contributed by atoms with van der Waals surface area (Å²) < 4.78 is 28.2. The average Bonchev–Trinajstić information content (AvgIpc) is 2.71. The summed E-state index contributed by atoms with van der Waals surface area (Å²) in [5.41, 5.74) is 2.73. The van der Waals surface area contributed by atoms with Gasteiger partial charge in [-0.05, 0) is 62.1 Å². The van der Waals surface area contributed by atoms with Gasteiger partial charge in [0.2, 0.25) is 11.8 Å². The van der Waals surface area contributed by atoms with Gasteiger partial charge in [0, 0.05) is 18.7 Å². The molecule has 2 amide bonds. The summed E-state index contributed by atoms with van der Waals surface area (Å²) in [6.07, 6.45) is 4.37. The summed E-state index contributed by atoms with van der Waals surface area (Å²) in [5.74, 6) is -0.285. The summed E-state index contributed by atoms with van der Waals surface area (Å²) in [6.45, 7) is 4.29. The molecule has 0 bridgehead atoms. The summed E-state index contributed by atoms with van der Waals surface area (Å²) in [7, 11) is -3.76. The van der Waals surface area contributed by atoms with Gasteiger partial charge in [0.25, 0.3) is 10.0 Å². The largest absolute Gasteiger partial charge is 0.333 e. The van der Waals surface area contributed by atoms with Gasteiger partial charge in [0.1, 0.15) is 0 Å². The normalized spacial score (nSPS) is 15.2. The SMILES string of the molecule is Cc1cccc(C)c1NS(=O)(=O)c1ccc(NC(=O)CN2CCCCCCC2=O)cc1. The van der Waals surface area contributed by atoms with E-state index in [1.54, 1.807) is 17.0 Å². The number of nitrogens with one attached hydrogen (secondary N) is 2. The standard InChI is InChI=1S/C23H29N3O4S/c1-17-8-7-9-18(2)23(17)25-31(29,30)20-13-11-19(12-14-20)24-21(27)16-26-15-6-4-3-5-10-22(26)28/h7-9,11-14,25H,3-6,10,15-16H2,1-2H3,(H,24,27). The van der Waals surface area contributed by atoms with Crippen molar-refractivity contribution in [2.45, 2.75) is 50.8 Å². The van der Waals surface area contributed by atoms with Crippen molar-refractivity contribution >= 4 is 33.2 Å². The number of amides is 2. The second-order valence-electron chi connectivity index (χ2n) is 7.92. The molecule has 0 radical (unpaired) electrons. The van der Waals surface area contributed by atoms with Crippen molar-refractivity contribution in [2.75, 3.05) is 23.1 Å². The van der Waals surface area contributed by atoms with E-state index in [1.165, 1.54) is 12.1 Å². The first-order valence-corrected chi connectivity index (χ1v) is 12.0. The summed E-state index contributed by atoms with van der Waals surface area (Å²) in [4.78, 5) is 26.3. The number of hydrogen-bond donors (Lipinski definition) is 2. The number of benzene rings is 2. The van der Waals surface area contributed by atoms with Crippen molar-refractivity contribution in [1.82, 2.24) is 4.90 Å². The van der Waals surface area contributed by atoms with Crippen LogP contribution < -0.4 is 10.0 Å². The first-order chi connectivity index (χ1) is 14.8. The Kier molecular flexibility index (Phi) is 7.33. The van der Waals surface area contributed by atoms with Crippen molar-refractivity contribution in [2.24, 2.45) is 0 Å². The zero-order valence-electron chi connectivity index (χ0n) is 18.0. The van der Waals surface area contributed by atoms with E-state index < -0.39 is 10.0 Å². The summed E-state index contributed by atoms with van der Waals surface area (Å²) in [6, 6.07) is 11.6. The minimum Gasteiger partial charge on any atom is -0.333 e. The number of sulfonamides is 1. The van der Waals surface area contributed by atoms with E-state index in [-0.39, 0.29) is 23.3 Å². The Morgan fingerprint density at radius 3 is 2.29 bits per heavy atom. The van der Waals surface area contributed by atoms with Crippen LogP contribution in [0, 0.1) is 13.8 Å². The van der Waals surface area contributed by atoms with E-state index in [2.05, 4.69) is 10.0 Å². The maximum atomic E-state index is 12.8. The van der Waals surface area contributed by atoms with E-state index in [1.807, 2.05) is 32.0 Å². The van der Waals surface area contributed by atoms with E-state index in [0.29, 0.717) is 24.3 Å². The Balaban J connectivity index is 1.64. The maximum absolute atomic E-state index is 12.8. The van der Waals surface area contributed by atoms with Crippen molar-refractivity contribution in [3.05, 3.63) is 53.6 Å². The van der Waals surface area contributed by atoms with Crippen molar-refractivity contribution < 1.29 is 18.0 Å². The lowest BCUT2D eigenvalue weighted by Gasteiger charge is -2.24. The van der Waals surface area contributed by atoms with Gasteiger partial charge in [-0.3, -0.25) is 14.3 Å². The van der Waals surface area contributed by atoms with Crippen LogP contribution >= 0.6 is 0 Å². The predicted octanol–water partition coefficient (Wildman–Crippen LogP) is 3.84. The van der Waals surface area contributed by atoms with Gasteiger partial charge in [0.05, 0.1) is 17.1 Å². The molecular formula is C23H29N3O4S. The molecule has 0 spiro atoms. The second kappa shape index (κ2) is 9.96. The molecule has 1 aliphatic heterocycles. The zero-order valence-corrected chi connectivity index (χ0v) is 18.8. The van der Waals surface area contributed by atoms with E-state index >= 15 is 0 Å². The zero-order chi connectivity index (χ0) is 22.4. The van der Waals surface area contributed by atoms with Crippen LogP contribution in [0.5, 0.6) is 0 Å². The quantitative estimate of drug-likeness (QED) is 0.709. The Morgan fingerprint density at radius 2 is 1.61 bits per heavy atom. The highest BCUT2D eigenvalue weighted by molar-refractivity contribution is 7.92. The van der Waals surface area contributed by atoms with Crippen LogP contribution in [0.4, 0.5) is 11.4 Å². The number of likely N-dealkylation sites (tertiary alicyclic amines) is 1. The van der Waals surface area contributed by atoms with Crippen molar-refractivity contribution in [3.63, 3.8) is 0 Å². The van der Waals surface area contributed by atoms with Crippen LogP contribution in [0.15, 0.2) is 47.4 Å². The van der Waals surface area contributed by atoms with Crippen LogP contribution in [0.25, 0.3) is 0 Å². The summed E-state index contributed by atoms with van der Waals surface area (Å²) in [5, 5.41) is 2.74. The third-order valence-electron chi connectivity index (χ3n) is 5.42. The smallest absolute Gasteiger partial charge is 0.261 e. The number of rotatable bonds is 6. The topological polar surface area (TPSA) is 95.6 Å². The van der Waals surface area contributed by atoms with E-state index in [0.717, 1.165) is 36.8 Å². The lowest BCUT2D eigenvalue weighted by atomic mass is 10.1. The molecule has 7 nitrogen and oxygen atoms in total. The molecule has 2 aromatic rings. The van der Waals surface area contributed by atoms with Gasteiger partial charge in [0.15, 0.2) is 0 Å². The molecule has 2 N–H and O–H groups in total. The highest BCUT2D eigenvalue weighted by atomic mass is 32.2. The first kappa shape index (κ1) is 22.8. The number of anilines is 2. The maximum Gasteiger partial charge on any atom is 0.261 e. The molecule has 1 aliphatic rings. The number of para-hydroxylation sites is 1. The Labute approximate surface area is 183 Å². The highest BCUT2D eigenvalue weighted by Gasteiger charge is 2.19. The van der Waals surface area contributed by atoms with Gasteiger partial charge in [-0.25, -0.2) is 8.42 Å². The summed E-state index contributed by atoms with van der Waals surface area (Å²) >= 11 is 0. The number of hydrogen-bond acceptors (Lipinski definition) is 4. The fourth-order valence-corrected chi connectivity index (χ4v) is 4.85. The Hall–Kier alpha value is -2.87. The molecule has 3 rings (SSSR count). The van der Waals surface area contributed by atoms with Gasteiger partial charge in [-0.2, -0.15) is 0 Å². The second-order valence-corrected chi connectivity index (χ2v) is 9.61.